The predicted molar refractivity (Wildman–Crippen MR) is 74.8 cm³/mol. The number of ether oxygens (including phenoxy) is 1. The summed E-state index contributed by atoms with van der Waals surface area (Å²) in [7, 11) is 0. The van der Waals surface area contributed by atoms with Gasteiger partial charge >= 0.3 is 0 Å². The Balaban J connectivity index is 2.32. The van der Waals surface area contributed by atoms with E-state index >= 15 is 0 Å². The highest BCUT2D eigenvalue weighted by Gasteiger charge is 2.28. The number of halogens is 1. The second-order valence-electron chi connectivity index (χ2n) is 6.55. The Morgan fingerprint density at radius 2 is 2.17 bits per heavy atom. The number of alkyl halides is 1. The van der Waals surface area contributed by atoms with E-state index in [0.29, 0.717) is 25.7 Å². The van der Waals surface area contributed by atoms with E-state index in [1.807, 2.05) is 0 Å². The molecule has 1 fully saturated rings. The van der Waals surface area contributed by atoms with Crippen molar-refractivity contribution in [3.8, 4) is 0 Å². The highest BCUT2D eigenvalue weighted by atomic mass is 35.5. The SMILES string of the molecule is CC1COCCC1C(=O)NCC(Cl)CC(C)(C)C. The second-order valence-corrected chi connectivity index (χ2v) is 7.17. The van der Waals surface area contributed by atoms with Gasteiger partial charge in [-0.3, -0.25) is 4.79 Å². The van der Waals surface area contributed by atoms with Crippen molar-refractivity contribution in [3.05, 3.63) is 0 Å². The number of hydrogen-bond acceptors (Lipinski definition) is 2. The molecule has 1 N–H and O–H groups in total. The molecule has 1 rings (SSSR count). The fraction of sp³-hybridized carbons (Fsp3) is 0.929. The van der Waals surface area contributed by atoms with Gasteiger partial charge in [-0.05, 0) is 24.2 Å². The third-order valence-electron chi connectivity index (χ3n) is 3.31. The highest BCUT2D eigenvalue weighted by molar-refractivity contribution is 6.20. The first-order valence-electron chi connectivity index (χ1n) is 6.79. The minimum absolute atomic E-state index is 0.00379. The monoisotopic (exact) mass is 275 g/mol. The van der Waals surface area contributed by atoms with Gasteiger partial charge in [-0.2, -0.15) is 0 Å². The predicted octanol–water partition coefficient (Wildman–Crippen LogP) is 2.82. The van der Waals surface area contributed by atoms with Crippen molar-refractivity contribution in [1.29, 1.82) is 0 Å². The summed E-state index contributed by atoms with van der Waals surface area (Å²) >= 11 is 6.25. The molecule has 18 heavy (non-hydrogen) atoms. The third-order valence-corrected chi connectivity index (χ3v) is 3.62. The minimum atomic E-state index is 0.00379. The van der Waals surface area contributed by atoms with Crippen LogP contribution >= 0.6 is 11.6 Å². The summed E-state index contributed by atoms with van der Waals surface area (Å²) in [6.45, 7) is 10.5. The van der Waals surface area contributed by atoms with Crippen LogP contribution in [0.1, 0.15) is 40.5 Å². The summed E-state index contributed by atoms with van der Waals surface area (Å²) in [4.78, 5) is 12.1. The van der Waals surface area contributed by atoms with Crippen LogP contribution in [0.2, 0.25) is 0 Å². The molecule has 0 bridgehead atoms. The van der Waals surface area contributed by atoms with Crippen LogP contribution in [0.4, 0.5) is 0 Å². The van der Waals surface area contributed by atoms with Crippen molar-refractivity contribution in [2.24, 2.45) is 17.3 Å². The molecule has 3 atom stereocenters. The van der Waals surface area contributed by atoms with Crippen LogP contribution in [-0.2, 0) is 9.53 Å². The van der Waals surface area contributed by atoms with Gasteiger partial charge in [0.2, 0.25) is 5.91 Å². The lowest BCUT2D eigenvalue weighted by molar-refractivity contribution is -0.130. The molecule has 0 spiro atoms. The van der Waals surface area contributed by atoms with Gasteiger partial charge in [0.15, 0.2) is 0 Å². The molecule has 4 heteroatoms. The first-order chi connectivity index (χ1) is 8.29. The fourth-order valence-corrected chi connectivity index (χ4v) is 2.89. The summed E-state index contributed by atoms with van der Waals surface area (Å²) in [6.07, 6.45) is 1.72. The van der Waals surface area contributed by atoms with Gasteiger partial charge in [-0.1, -0.05) is 27.7 Å². The Hall–Kier alpha value is -0.280. The second kappa shape index (κ2) is 6.76. The minimum Gasteiger partial charge on any atom is -0.381 e. The van der Waals surface area contributed by atoms with Gasteiger partial charge < -0.3 is 10.1 Å². The van der Waals surface area contributed by atoms with Gasteiger partial charge in [-0.15, -0.1) is 11.6 Å². The number of carbonyl (C=O) groups excluding carboxylic acids is 1. The van der Waals surface area contributed by atoms with Gasteiger partial charge in [0.05, 0.1) is 5.38 Å². The quantitative estimate of drug-likeness (QED) is 0.802. The molecule has 0 aromatic carbocycles. The molecule has 1 aliphatic heterocycles. The van der Waals surface area contributed by atoms with Crippen molar-refractivity contribution < 1.29 is 9.53 Å². The van der Waals surface area contributed by atoms with E-state index in [0.717, 1.165) is 12.8 Å². The van der Waals surface area contributed by atoms with Crippen molar-refractivity contribution >= 4 is 17.5 Å². The Bertz CT molecular complexity index is 275. The zero-order chi connectivity index (χ0) is 13.8. The van der Waals surface area contributed by atoms with Gasteiger partial charge in [0.25, 0.3) is 0 Å². The van der Waals surface area contributed by atoms with Crippen LogP contribution in [0.25, 0.3) is 0 Å². The molecule has 1 aliphatic rings. The molecule has 1 saturated heterocycles. The molecule has 0 aromatic rings. The van der Waals surface area contributed by atoms with E-state index in [9.17, 15) is 4.79 Å². The Morgan fingerprint density at radius 1 is 1.50 bits per heavy atom. The lowest BCUT2D eigenvalue weighted by Gasteiger charge is -2.28. The Labute approximate surface area is 116 Å². The average Bonchev–Trinajstić information content (AvgIpc) is 2.24. The number of amides is 1. The zero-order valence-electron chi connectivity index (χ0n) is 12.0. The topological polar surface area (TPSA) is 38.3 Å². The van der Waals surface area contributed by atoms with Crippen LogP contribution in [0.15, 0.2) is 0 Å². The smallest absolute Gasteiger partial charge is 0.223 e. The Morgan fingerprint density at radius 3 is 2.72 bits per heavy atom. The van der Waals surface area contributed by atoms with Crippen molar-refractivity contribution in [1.82, 2.24) is 5.32 Å². The first-order valence-corrected chi connectivity index (χ1v) is 7.23. The lowest BCUT2D eigenvalue weighted by atomic mass is 9.88. The van der Waals surface area contributed by atoms with Crippen LogP contribution in [-0.4, -0.2) is 31.0 Å². The van der Waals surface area contributed by atoms with Gasteiger partial charge in [0.1, 0.15) is 0 Å². The van der Waals surface area contributed by atoms with E-state index < -0.39 is 0 Å². The summed E-state index contributed by atoms with van der Waals surface area (Å²) in [6, 6.07) is 0. The molecular weight excluding hydrogens is 250 g/mol. The molecule has 0 saturated carbocycles. The maximum absolute atomic E-state index is 12.1. The van der Waals surface area contributed by atoms with Crippen molar-refractivity contribution in [2.75, 3.05) is 19.8 Å². The highest BCUT2D eigenvalue weighted by Crippen LogP contribution is 2.24. The molecule has 1 heterocycles. The molecular formula is C14H26ClNO2. The van der Waals surface area contributed by atoms with Gasteiger partial charge in [-0.25, -0.2) is 0 Å². The maximum atomic E-state index is 12.1. The van der Waals surface area contributed by atoms with Crippen LogP contribution in [0, 0.1) is 17.3 Å². The normalized spacial score (nSPS) is 26.7. The average molecular weight is 276 g/mol. The molecule has 0 aliphatic carbocycles. The number of rotatable bonds is 4. The van der Waals surface area contributed by atoms with Gasteiger partial charge in [0, 0.05) is 25.7 Å². The number of carbonyl (C=O) groups is 1. The van der Waals surface area contributed by atoms with Crippen molar-refractivity contribution in [2.45, 2.75) is 45.9 Å². The summed E-state index contributed by atoms with van der Waals surface area (Å²) in [5.74, 6) is 0.512. The molecule has 3 nitrogen and oxygen atoms in total. The molecule has 1 amide bonds. The zero-order valence-corrected chi connectivity index (χ0v) is 12.7. The van der Waals surface area contributed by atoms with E-state index in [-0.39, 0.29) is 22.6 Å². The number of hydrogen-bond donors (Lipinski definition) is 1. The molecule has 0 radical (unpaired) electrons. The lowest BCUT2D eigenvalue weighted by Crippen LogP contribution is -2.41. The van der Waals surface area contributed by atoms with Crippen molar-refractivity contribution in [3.63, 3.8) is 0 Å². The Kier molecular flexibility index (Phi) is 5.93. The molecule has 3 unspecified atom stereocenters. The van der Waals surface area contributed by atoms with Crippen LogP contribution < -0.4 is 5.32 Å². The summed E-state index contributed by atoms with van der Waals surface area (Å²) in [5, 5.41) is 2.98. The molecule has 106 valence electrons. The van der Waals surface area contributed by atoms with E-state index in [4.69, 9.17) is 16.3 Å². The fourth-order valence-electron chi connectivity index (χ4n) is 2.35. The van der Waals surface area contributed by atoms with Crippen LogP contribution in [0.5, 0.6) is 0 Å². The third kappa shape index (κ3) is 5.57. The summed E-state index contributed by atoms with van der Waals surface area (Å²) < 4.78 is 5.35. The van der Waals surface area contributed by atoms with E-state index in [1.165, 1.54) is 0 Å². The summed E-state index contributed by atoms with van der Waals surface area (Å²) in [5.41, 5.74) is 0.198. The standard InChI is InChI=1S/C14H26ClNO2/c1-10-9-18-6-5-12(10)13(17)16-8-11(15)7-14(2,3)4/h10-12H,5-9H2,1-4H3,(H,16,17). The first kappa shape index (κ1) is 15.8. The largest absolute Gasteiger partial charge is 0.381 e. The van der Waals surface area contributed by atoms with E-state index in [2.05, 4.69) is 33.0 Å². The number of nitrogens with one attached hydrogen (secondary N) is 1. The van der Waals surface area contributed by atoms with E-state index in [1.54, 1.807) is 0 Å². The molecule has 0 aromatic heterocycles. The maximum Gasteiger partial charge on any atom is 0.223 e. The van der Waals surface area contributed by atoms with Crippen LogP contribution in [0.3, 0.4) is 0 Å².